The Morgan fingerprint density at radius 2 is 2.11 bits per heavy atom. The van der Waals surface area contributed by atoms with E-state index in [-0.39, 0.29) is 11.2 Å². The highest BCUT2D eigenvalue weighted by molar-refractivity contribution is 7.88. The number of hydrogen-bond donors (Lipinski definition) is 1. The van der Waals surface area contributed by atoms with E-state index in [2.05, 4.69) is 5.16 Å². The Morgan fingerprint density at radius 3 is 2.56 bits per heavy atom. The minimum absolute atomic E-state index is 0.151. The van der Waals surface area contributed by atoms with E-state index in [9.17, 15) is 8.42 Å². The van der Waals surface area contributed by atoms with Gasteiger partial charge in [0, 0.05) is 19.7 Å². The minimum atomic E-state index is -3.39. The minimum Gasteiger partial charge on any atom is -0.361 e. The summed E-state index contributed by atoms with van der Waals surface area (Å²) in [5.41, 5.74) is 5.78. The molecule has 1 rings (SSSR count). The number of nitrogens with two attached hydrogens (primary N) is 1. The van der Waals surface area contributed by atoms with Gasteiger partial charge in [-0.25, -0.2) is 12.7 Å². The monoisotopic (exact) mass is 275 g/mol. The van der Waals surface area contributed by atoms with Crippen LogP contribution in [0.15, 0.2) is 10.6 Å². The van der Waals surface area contributed by atoms with Crippen LogP contribution in [-0.4, -0.2) is 38.0 Å². The van der Waals surface area contributed by atoms with E-state index in [1.54, 1.807) is 20.0 Å². The number of aromatic nitrogens is 1. The van der Waals surface area contributed by atoms with Gasteiger partial charge < -0.3 is 10.3 Å². The van der Waals surface area contributed by atoms with Gasteiger partial charge in [-0.3, -0.25) is 0 Å². The zero-order chi connectivity index (χ0) is 14.0. The molecule has 0 aliphatic carbocycles. The van der Waals surface area contributed by atoms with Gasteiger partial charge in [-0.15, -0.1) is 0 Å². The van der Waals surface area contributed by atoms with E-state index < -0.39 is 10.0 Å². The Morgan fingerprint density at radius 1 is 1.50 bits per heavy atom. The van der Waals surface area contributed by atoms with Crippen LogP contribution in [0.2, 0.25) is 0 Å². The Hall–Kier alpha value is -0.920. The first-order chi connectivity index (χ1) is 8.16. The molecule has 0 unspecified atom stereocenters. The number of rotatable bonds is 6. The summed E-state index contributed by atoms with van der Waals surface area (Å²) in [4.78, 5) is 0. The molecule has 0 aliphatic rings. The molecule has 0 aromatic carbocycles. The topological polar surface area (TPSA) is 89.4 Å². The second kappa shape index (κ2) is 5.38. The molecule has 1 aromatic rings. The lowest BCUT2D eigenvalue weighted by atomic mass is 9.94. The smallest absolute Gasteiger partial charge is 0.219 e. The predicted octanol–water partition coefficient (Wildman–Crippen LogP) is 0.730. The van der Waals surface area contributed by atoms with Crippen molar-refractivity contribution in [1.82, 2.24) is 9.46 Å². The zero-order valence-electron chi connectivity index (χ0n) is 11.3. The average Bonchev–Trinajstić information content (AvgIpc) is 2.62. The first kappa shape index (κ1) is 15.1. The normalized spacial score (nSPS) is 13.2. The van der Waals surface area contributed by atoms with E-state index in [1.165, 1.54) is 4.31 Å². The first-order valence-corrected chi connectivity index (χ1v) is 7.33. The van der Waals surface area contributed by atoms with Crippen molar-refractivity contribution < 1.29 is 12.9 Å². The third-order valence-corrected chi connectivity index (χ3v) is 4.42. The van der Waals surface area contributed by atoms with Crippen molar-refractivity contribution in [3.05, 3.63) is 17.5 Å². The molecule has 0 fully saturated rings. The molecular formula is C11H21N3O3S. The Balaban J connectivity index is 2.75. The van der Waals surface area contributed by atoms with E-state index in [0.717, 1.165) is 0 Å². The van der Waals surface area contributed by atoms with Crippen molar-refractivity contribution >= 4 is 10.0 Å². The van der Waals surface area contributed by atoms with E-state index in [4.69, 9.17) is 10.3 Å². The Kier molecular flexibility index (Phi) is 4.52. The molecule has 0 spiro atoms. The van der Waals surface area contributed by atoms with Gasteiger partial charge in [0.25, 0.3) is 0 Å². The second-order valence-corrected chi connectivity index (χ2v) is 7.39. The molecule has 1 aromatic heterocycles. The fourth-order valence-corrected chi connectivity index (χ4v) is 2.83. The lowest BCUT2D eigenvalue weighted by Gasteiger charge is -2.28. The highest BCUT2D eigenvalue weighted by Crippen LogP contribution is 2.18. The fourth-order valence-electron chi connectivity index (χ4n) is 1.55. The molecule has 1 heterocycles. The molecule has 18 heavy (non-hydrogen) atoms. The Labute approximate surface area is 108 Å². The van der Waals surface area contributed by atoms with Crippen LogP contribution < -0.4 is 5.73 Å². The van der Waals surface area contributed by atoms with Crippen LogP contribution in [0.5, 0.6) is 0 Å². The van der Waals surface area contributed by atoms with E-state index in [1.807, 2.05) is 13.8 Å². The highest BCUT2D eigenvalue weighted by Gasteiger charge is 2.26. The van der Waals surface area contributed by atoms with Crippen molar-refractivity contribution in [2.75, 3.05) is 20.1 Å². The summed E-state index contributed by atoms with van der Waals surface area (Å²) in [6.07, 6.45) is 0. The van der Waals surface area contributed by atoms with Gasteiger partial charge >= 0.3 is 0 Å². The zero-order valence-corrected chi connectivity index (χ0v) is 12.1. The van der Waals surface area contributed by atoms with Gasteiger partial charge in [0.15, 0.2) is 0 Å². The van der Waals surface area contributed by atoms with Gasteiger partial charge in [-0.2, -0.15) is 0 Å². The van der Waals surface area contributed by atoms with Crippen LogP contribution in [0, 0.1) is 12.3 Å². The van der Waals surface area contributed by atoms with Crippen LogP contribution in [0.4, 0.5) is 0 Å². The second-order valence-electron chi connectivity index (χ2n) is 5.31. The van der Waals surface area contributed by atoms with E-state index >= 15 is 0 Å². The van der Waals surface area contributed by atoms with Crippen molar-refractivity contribution in [3.8, 4) is 0 Å². The van der Waals surface area contributed by atoms with Gasteiger partial charge in [-0.1, -0.05) is 19.0 Å². The summed E-state index contributed by atoms with van der Waals surface area (Å²) in [5.74, 6) is 0.451. The largest absolute Gasteiger partial charge is 0.361 e. The van der Waals surface area contributed by atoms with Crippen LogP contribution in [0.1, 0.15) is 25.3 Å². The number of nitrogens with zero attached hydrogens (tertiary/aromatic N) is 2. The summed E-state index contributed by atoms with van der Waals surface area (Å²) >= 11 is 0. The molecule has 104 valence electrons. The van der Waals surface area contributed by atoms with E-state index in [0.29, 0.717) is 24.5 Å². The lowest BCUT2D eigenvalue weighted by molar-refractivity contribution is 0.291. The van der Waals surface area contributed by atoms with Crippen LogP contribution >= 0.6 is 0 Å². The molecule has 0 saturated heterocycles. The van der Waals surface area contributed by atoms with Gasteiger partial charge in [0.05, 0.1) is 0 Å². The summed E-state index contributed by atoms with van der Waals surface area (Å²) in [6.45, 7) is 6.39. The molecule has 0 bridgehead atoms. The van der Waals surface area contributed by atoms with Crippen LogP contribution in [-0.2, 0) is 15.8 Å². The molecule has 0 atom stereocenters. The van der Waals surface area contributed by atoms with Crippen molar-refractivity contribution in [2.24, 2.45) is 11.1 Å². The maximum Gasteiger partial charge on any atom is 0.219 e. The van der Waals surface area contributed by atoms with Crippen molar-refractivity contribution in [3.63, 3.8) is 0 Å². The molecule has 2 N–H and O–H groups in total. The fraction of sp³-hybridized carbons (Fsp3) is 0.727. The molecule has 7 heteroatoms. The average molecular weight is 275 g/mol. The number of hydrogen-bond acceptors (Lipinski definition) is 5. The Bertz CT molecular complexity index is 493. The number of sulfonamides is 1. The van der Waals surface area contributed by atoms with Gasteiger partial charge in [0.2, 0.25) is 10.0 Å². The summed E-state index contributed by atoms with van der Waals surface area (Å²) in [7, 11) is -1.83. The third-order valence-electron chi connectivity index (χ3n) is 2.69. The molecule has 0 saturated carbocycles. The molecule has 0 aliphatic heterocycles. The van der Waals surface area contributed by atoms with Crippen molar-refractivity contribution in [2.45, 2.75) is 26.5 Å². The molecule has 0 radical (unpaired) electrons. The van der Waals surface area contributed by atoms with Gasteiger partial charge in [-0.05, 0) is 18.9 Å². The van der Waals surface area contributed by atoms with Gasteiger partial charge in [0.1, 0.15) is 17.2 Å². The molecule has 0 amide bonds. The van der Waals surface area contributed by atoms with Crippen LogP contribution in [0.3, 0.4) is 0 Å². The maximum absolute atomic E-state index is 12.1. The number of aryl methyl sites for hydroxylation is 1. The standard InChI is InChI=1S/C11H21N3O3S/c1-9-5-10(13-17-9)6-18(15,16)14(4)8-11(2,3)7-12/h5H,6-8,12H2,1-4H3. The van der Waals surface area contributed by atoms with Crippen molar-refractivity contribution in [1.29, 1.82) is 0 Å². The SMILES string of the molecule is Cc1cc(CS(=O)(=O)N(C)CC(C)(C)CN)no1. The molecular weight excluding hydrogens is 254 g/mol. The third kappa shape index (κ3) is 4.08. The highest BCUT2D eigenvalue weighted by atomic mass is 32.2. The summed E-state index contributed by atoms with van der Waals surface area (Å²) < 4.78 is 30.4. The predicted molar refractivity (Wildman–Crippen MR) is 69.3 cm³/mol. The summed E-state index contributed by atoms with van der Waals surface area (Å²) in [5, 5.41) is 3.69. The quantitative estimate of drug-likeness (QED) is 0.826. The van der Waals surface area contributed by atoms with Crippen LogP contribution in [0.25, 0.3) is 0 Å². The maximum atomic E-state index is 12.1. The first-order valence-electron chi connectivity index (χ1n) is 5.72. The lowest BCUT2D eigenvalue weighted by Crippen LogP contribution is -2.40. The molecule has 6 nitrogen and oxygen atoms in total. The summed E-state index contributed by atoms with van der Waals surface area (Å²) in [6, 6.07) is 1.62.